The Kier molecular flexibility index (Phi) is 7.20. The van der Waals surface area contributed by atoms with Crippen LogP contribution in [0, 0.1) is 22.0 Å². The van der Waals surface area contributed by atoms with Gasteiger partial charge < -0.3 is 10.1 Å². The van der Waals surface area contributed by atoms with E-state index in [-0.39, 0.29) is 22.6 Å². The van der Waals surface area contributed by atoms with E-state index < -0.39 is 26.7 Å². The second-order valence-electron chi connectivity index (χ2n) is 8.64. The number of amides is 1. The maximum absolute atomic E-state index is 12.7. The van der Waals surface area contributed by atoms with Crippen LogP contribution >= 0.6 is 0 Å². The van der Waals surface area contributed by atoms with Gasteiger partial charge in [0.05, 0.1) is 9.82 Å². The van der Waals surface area contributed by atoms with Crippen LogP contribution in [0.5, 0.6) is 5.75 Å². The lowest BCUT2D eigenvalue weighted by molar-refractivity contribution is -0.386. The first-order chi connectivity index (χ1) is 14.6. The number of carbonyl (C=O) groups excluding carboxylic acids is 1. The highest BCUT2D eigenvalue weighted by Crippen LogP contribution is 2.33. The number of hydrogen-bond acceptors (Lipinski definition) is 6. The van der Waals surface area contributed by atoms with Crippen LogP contribution in [0.3, 0.4) is 0 Å². The Labute approximate surface area is 183 Å². The van der Waals surface area contributed by atoms with Crippen molar-refractivity contribution in [3.63, 3.8) is 0 Å². The number of nitrogens with zero attached hydrogens (tertiary/aromatic N) is 2. The average Bonchev–Trinajstić information content (AvgIpc) is 3.27. The fourth-order valence-corrected chi connectivity index (χ4v) is 5.84. The second kappa shape index (κ2) is 9.52. The molecule has 1 saturated carbocycles. The molecule has 0 radical (unpaired) electrons. The molecule has 31 heavy (non-hydrogen) atoms. The summed E-state index contributed by atoms with van der Waals surface area (Å²) in [7, 11) is -3.79. The molecule has 0 bridgehead atoms. The molecular weight excluding hydrogens is 422 g/mol. The van der Waals surface area contributed by atoms with E-state index in [1.54, 1.807) is 0 Å². The summed E-state index contributed by atoms with van der Waals surface area (Å²) < 4.78 is 32.4. The molecule has 1 heterocycles. The van der Waals surface area contributed by atoms with Crippen molar-refractivity contribution in [3.05, 3.63) is 28.3 Å². The van der Waals surface area contributed by atoms with Crippen molar-refractivity contribution in [1.29, 1.82) is 0 Å². The van der Waals surface area contributed by atoms with Crippen LogP contribution in [-0.4, -0.2) is 48.8 Å². The number of sulfonamides is 1. The van der Waals surface area contributed by atoms with E-state index in [1.165, 1.54) is 23.4 Å². The van der Waals surface area contributed by atoms with Crippen molar-refractivity contribution in [1.82, 2.24) is 9.62 Å². The molecule has 1 N–H and O–H groups in total. The third-order valence-corrected chi connectivity index (χ3v) is 8.43. The standard InChI is InChI=1S/C21H31N3O6S/c1-14-7-6-8-18(15(14)2)22-21(25)16(3)30-20-10-9-17(13-19(20)24(26)27)31(28,29)23-11-4-5-12-23/h9-10,13-16,18H,4-8,11-12H2,1-3H3,(H,22,25). The van der Waals surface area contributed by atoms with Gasteiger partial charge in [-0.15, -0.1) is 0 Å². The van der Waals surface area contributed by atoms with Gasteiger partial charge in [0.2, 0.25) is 10.0 Å². The van der Waals surface area contributed by atoms with Crippen molar-refractivity contribution in [3.8, 4) is 5.75 Å². The maximum Gasteiger partial charge on any atom is 0.312 e. The normalized spacial score (nSPS) is 25.7. The summed E-state index contributed by atoms with van der Waals surface area (Å²) in [4.78, 5) is 23.4. The van der Waals surface area contributed by atoms with E-state index in [0.717, 1.165) is 38.2 Å². The van der Waals surface area contributed by atoms with Gasteiger partial charge in [-0.25, -0.2) is 8.42 Å². The van der Waals surface area contributed by atoms with Crippen LogP contribution in [0.4, 0.5) is 5.69 Å². The molecule has 0 spiro atoms. The monoisotopic (exact) mass is 453 g/mol. The number of nitrogens with one attached hydrogen (secondary N) is 1. The molecule has 1 aliphatic heterocycles. The molecular formula is C21H31N3O6S. The van der Waals surface area contributed by atoms with Crippen molar-refractivity contribution in [2.75, 3.05) is 13.1 Å². The SMILES string of the molecule is CC(Oc1ccc(S(=O)(=O)N2CCCC2)cc1[N+](=O)[O-])C(=O)NC1CCCC(C)C1C. The Morgan fingerprint density at radius 2 is 1.90 bits per heavy atom. The molecule has 1 aromatic carbocycles. The van der Waals surface area contributed by atoms with Crippen LogP contribution in [0.1, 0.15) is 52.9 Å². The van der Waals surface area contributed by atoms with Crippen molar-refractivity contribution in [2.24, 2.45) is 11.8 Å². The van der Waals surface area contributed by atoms with E-state index in [9.17, 15) is 23.3 Å². The molecule has 2 fully saturated rings. The lowest BCUT2D eigenvalue weighted by Crippen LogP contribution is -2.48. The fraction of sp³-hybridized carbons (Fsp3) is 0.667. The lowest BCUT2D eigenvalue weighted by Gasteiger charge is -2.35. The van der Waals surface area contributed by atoms with Crippen LogP contribution in [0.2, 0.25) is 0 Å². The maximum atomic E-state index is 12.7. The molecule has 0 aromatic heterocycles. The van der Waals surface area contributed by atoms with Crippen molar-refractivity contribution >= 4 is 21.6 Å². The molecule has 1 saturated heterocycles. The van der Waals surface area contributed by atoms with Crippen molar-refractivity contribution < 1.29 is 22.9 Å². The molecule has 2 aliphatic rings. The predicted molar refractivity (Wildman–Crippen MR) is 115 cm³/mol. The minimum Gasteiger partial charge on any atom is -0.474 e. The second-order valence-corrected chi connectivity index (χ2v) is 10.6. The molecule has 1 aliphatic carbocycles. The van der Waals surface area contributed by atoms with Gasteiger partial charge in [0.1, 0.15) is 0 Å². The smallest absolute Gasteiger partial charge is 0.312 e. The Hall–Kier alpha value is -2.20. The van der Waals surface area contributed by atoms with Crippen molar-refractivity contribution in [2.45, 2.75) is 69.9 Å². The molecule has 10 heteroatoms. The molecule has 1 amide bonds. The number of hydrogen-bond donors (Lipinski definition) is 1. The van der Waals surface area contributed by atoms with Gasteiger partial charge >= 0.3 is 5.69 Å². The highest BCUT2D eigenvalue weighted by molar-refractivity contribution is 7.89. The van der Waals surface area contributed by atoms with Gasteiger partial charge in [-0.1, -0.05) is 26.7 Å². The predicted octanol–water partition coefficient (Wildman–Crippen LogP) is 3.09. The summed E-state index contributed by atoms with van der Waals surface area (Å²) in [6.07, 6.45) is 3.67. The average molecular weight is 454 g/mol. The first kappa shape index (κ1) is 23.5. The Morgan fingerprint density at radius 3 is 2.55 bits per heavy atom. The number of nitro groups is 1. The minimum atomic E-state index is -3.79. The molecule has 9 nitrogen and oxygen atoms in total. The third-order valence-electron chi connectivity index (χ3n) is 6.54. The molecule has 4 atom stereocenters. The van der Waals surface area contributed by atoms with Gasteiger partial charge in [-0.05, 0) is 50.2 Å². The Bertz CT molecular complexity index is 929. The van der Waals surface area contributed by atoms with Crippen LogP contribution in [-0.2, 0) is 14.8 Å². The van der Waals surface area contributed by atoms with E-state index in [0.29, 0.717) is 24.9 Å². The number of benzene rings is 1. The summed E-state index contributed by atoms with van der Waals surface area (Å²) in [6.45, 7) is 6.63. The number of rotatable bonds is 7. The summed E-state index contributed by atoms with van der Waals surface area (Å²) in [5, 5.41) is 14.6. The number of nitro benzene ring substituents is 1. The number of ether oxygens (including phenoxy) is 1. The molecule has 3 rings (SSSR count). The minimum absolute atomic E-state index is 0.0465. The van der Waals surface area contributed by atoms with Gasteiger partial charge in [0, 0.05) is 25.2 Å². The van der Waals surface area contributed by atoms with Gasteiger partial charge in [-0.2, -0.15) is 4.31 Å². The first-order valence-electron chi connectivity index (χ1n) is 10.9. The van der Waals surface area contributed by atoms with E-state index in [4.69, 9.17) is 4.74 Å². The molecule has 172 valence electrons. The zero-order chi connectivity index (χ0) is 22.8. The summed E-state index contributed by atoms with van der Waals surface area (Å²) in [5.41, 5.74) is -0.473. The highest BCUT2D eigenvalue weighted by Gasteiger charge is 2.32. The van der Waals surface area contributed by atoms with Gasteiger partial charge in [0.25, 0.3) is 5.91 Å². The van der Waals surface area contributed by atoms with Crippen LogP contribution in [0.15, 0.2) is 23.1 Å². The number of carbonyl (C=O) groups is 1. The van der Waals surface area contributed by atoms with Crippen LogP contribution < -0.4 is 10.1 Å². The van der Waals surface area contributed by atoms with E-state index in [1.807, 2.05) is 0 Å². The zero-order valence-electron chi connectivity index (χ0n) is 18.2. The third kappa shape index (κ3) is 5.17. The summed E-state index contributed by atoms with van der Waals surface area (Å²) in [6, 6.07) is 3.62. The summed E-state index contributed by atoms with van der Waals surface area (Å²) in [5.74, 6) is 0.392. The van der Waals surface area contributed by atoms with E-state index in [2.05, 4.69) is 19.2 Å². The topological polar surface area (TPSA) is 119 Å². The Morgan fingerprint density at radius 1 is 1.23 bits per heavy atom. The highest BCUT2D eigenvalue weighted by atomic mass is 32.2. The molecule has 4 unspecified atom stereocenters. The lowest BCUT2D eigenvalue weighted by atomic mass is 9.78. The molecule has 1 aromatic rings. The Balaban J connectivity index is 1.74. The quantitative estimate of drug-likeness (QED) is 0.501. The summed E-state index contributed by atoms with van der Waals surface area (Å²) >= 11 is 0. The first-order valence-corrected chi connectivity index (χ1v) is 12.3. The van der Waals surface area contributed by atoms with Gasteiger partial charge in [0.15, 0.2) is 11.9 Å². The van der Waals surface area contributed by atoms with Gasteiger partial charge in [-0.3, -0.25) is 14.9 Å². The zero-order valence-corrected chi connectivity index (χ0v) is 19.1. The van der Waals surface area contributed by atoms with Crippen LogP contribution in [0.25, 0.3) is 0 Å². The van der Waals surface area contributed by atoms with E-state index >= 15 is 0 Å². The largest absolute Gasteiger partial charge is 0.474 e. The fourth-order valence-electron chi connectivity index (χ4n) is 4.31.